The molecule has 1 aliphatic heterocycles. The van der Waals surface area contributed by atoms with E-state index in [1.54, 1.807) is 35.4 Å². The fourth-order valence-corrected chi connectivity index (χ4v) is 4.11. The Labute approximate surface area is 201 Å². The van der Waals surface area contributed by atoms with Gasteiger partial charge in [0.2, 0.25) is 0 Å². The number of fused-ring (bicyclic) bond motifs is 1. The number of nitrogens with zero attached hydrogens (tertiary/aromatic N) is 3. The Hall–Kier alpha value is -4.46. The maximum Gasteiger partial charge on any atom is 0.319 e. The molecule has 0 saturated carbocycles. The highest BCUT2D eigenvalue weighted by atomic mass is 19.1. The van der Waals surface area contributed by atoms with Crippen LogP contribution in [0.1, 0.15) is 27.9 Å². The van der Waals surface area contributed by atoms with Gasteiger partial charge in [0.25, 0.3) is 5.91 Å². The molecular formula is C27H24FN5O2. The average molecular weight is 470 g/mol. The zero-order valence-corrected chi connectivity index (χ0v) is 18.9. The second-order valence-electron chi connectivity index (χ2n) is 8.33. The van der Waals surface area contributed by atoms with Crippen molar-refractivity contribution in [3.05, 3.63) is 108 Å². The summed E-state index contributed by atoms with van der Waals surface area (Å²) in [5.41, 5.74) is 4.16. The lowest BCUT2D eigenvalue weighted by Crippen LogP contribution is -2.34. The van der Waals surface area contributed by atoms with Crippen molar-refractivity contribution >= 4 is 28.8 Å². The highest BCUT2D eigenvalue weighted by molar-refractivity contribution is 5.94. The topological polar surface area (TPSA) is 78.7 Å². The van der Waals surface area contributed by atoms with E-state index in [0.29, 0.717) is 31.6 Å². The Balaban J connectivity index is 1.18. The summed E-state index contributed by atoms with van der Waals surface area (Å²) in [4.78, 5) is 30.9. The van der Waals surface area contributed by atoms with Gasteiger partial charge in [-0.3, -0.25) is 4.79 Å². The van der Waals surface area contributed by atoms with E-state index in [1.807, 2.05) is 53.2 Å². The summed E-state index contributed by atoms with van der Waals surface area (Å²) >= 11 is 0. The third-order valence-electron chi connectivity index (χ3n) is 6.02. The van der Waals surface area contributed by atoms with Crippen LogP contribution in [-0.2, 0) is 6.54 Å². The lowest BCUT2D eigenvalue weighted by atomic mass is 9.98. The minimum absolute atomic E-state index is 0.0117. The van der Waals surface area contributed by atoms with Gasteiger partial charge in [-0.2, -0.15) is 0 Å². The highest BCUT2D eigenvalue weighted by Gasteiger charge is 2.20. The number of anilines is 1. The summed E-state index contributed by atoms with van der Waals surface area (Å²) in [5.74, 6) is -0.525. The molecular weight excluding hydrogens is 445 g/mol. The quantitative estimate of drug-likeness (QED) is 0.444. The first-order valence-electron chi connectivity index (χ1n) is 11.4. The van der Waals surface area contributed by atoms with Crippen molar-refractivity contribution in [1.82, 2.24) is 19.6 Å². The van der Waals surface area contributed by atoms with Gasteiger partial charge in [0.05, 0.1) is 5.69 Å². The van der Waals surface area contributed by atoms with Crippen LogP contribution in [0.4, 0.5) is 14.9 Å². The van der Waals surface area contributed by atoms with E-state index in [9.17, 15) is 14.0 Å². The molecule has 3 amide bonds. The number of urea groups is 1. The SMILES string of the molecule is O=C(NCc1ccn2ccnc2c1)Nc1ccc(C2=CCN(C(=O)c3ccccc3)CC2)cc1F. The van der Waals surface area contributed by atoms with Crippen LogP contribution in [0.3, 0.4) is 0 Å². The Morgan fingerprint density at radius 1 is 1.03 bits per heavy atom. The number of hydrogen-bond donors (Lipinski definition) is 2. The van der Waals surface area contributed by atoms with E-state index in [2.05, 4.69) is 15.6 Å². The molecule has 1 aliphatic rings. The lowest BCUT2D eigenvalue weighted by molar-refractivity contribution is 0.0773. The Kier molecular flexibility index (Phi) is 6.26. The second kappa shape index (κ2) is 9.80. The third-order valence-corrected chi connectivity index (χ3v) is 6.02. The summed E-state index contributed by atoms with van der Waals surface area (Å²) in [6.07, 6.45) is 8.00. The van der Waals surface area contributed by atoms with Gasteiger partial charge in [0, 0.05) is 43.8 Å². The standard InChI is InChI=1S/C27H24FN5O2/c28-23-17-22(20-9-13-33(14-10-20)26(34)21-4-2-1-3-5-21)6-7-24(23)31-27(35)30-18-19-8-12-32-15-11-29-25(32)16-19/h1-9,11-12,15-17H,10,13-14,18H2,(H2,30,31,35). The van der Waals surface area contributed by atoms with Crippen molar-refractivity contribution in [2.24, 2.45) is 0 Å². The number of pyridine rings is 1. The van der Waals surface area contributed by atoms with E-state index >= 15 is 0 Å². The number of imidazole rings is 1. The van der Waals surface area contributed by atoms with Crippen molar-refractivity contribution in [2.45, 2.75) is 13.0 Å². The van der Waals surface area contributed by atoms with Crippen LogP contribution in [0.5, 0.6) is 0 Å². The van der Waals surface area contributed by atoms with Crippen molar-refractivity contribution in [2.75, 3.05) is 18.4 Å². The molecule has 0 fully saturated rings. The number of benzene rings is 2. The van der Waals surface area contributed by atoms with Crippen LogP contribution >= 0.6 is 0 Å². The Bertz CT molecular complexity index is 1410. The molecule has 8 heteroatoms. The third kappa shape index (κ3) is 5.06. The molecule has 2 aromatic carbocycles. The summed E-state index contributed by atoms with van der Waals surface area (Å²) in [7, 11) is 0. The minimum Gasteiger partial charge on any atom is -0.335 e. The number of nitrogens with one attached hydrogen (secondary N) is 2. The van der Waals surface area contributed by atoms with Gasteiger partial charge in [0.1, 0.15) is 11.5 Å². The molecule has 7 nitrogen and oxygen atoms in total. The van der Waals surface area contributed by atoms with E-state index in [0.717, 1.165) is 22.3 Å². The van der Waals surface area contributed by atoms with Crippen molar-refractivity contribution in [3.8, 4) is 0 Å². The number of hydrogen-bond acceptors (Lipinski definition) is 3. The van der Waals surface area contributed by atoms with Crippen LogP contribution in [0.2, 0.25) is 0 Å². The van der Waals surface area contributed by atoms with Gasteiger partial charge >= 0.3 is 6.03 Å². The van der Waals surface area contributed by atoms with E-state index in [-0.39, 0.29) is 11.6 Å². The van der Waals surface area contributed by atoms with Gasteiger partial charge in [-0.15, -0.1) is 0 Å². The van der Waals surface area contributed by atoms with Crippen LogP contribution in [0.15, 0.2) is 85.3 Å². The molecule has 176 valence electrons. The molecule has 2 N–H and O–H groups in total. The van der Waals surface area contributed by atoms with Crippen molar-refractivity contribution in [3.63, 3.8) is 0 Å². The molecule has 0 atom stereocenters. The fourth-order valence-electron chi connectivity index (χ4n) is 4.11. The molecule has 35 heavy (non-hydrogen) atoms. The second-order valence-corrected chi connectivity index (χ2v) is 8.33. The Morgan fingerprint density at radius 3 is 2.66 bits per heavy atom. The molecule has 0 unspecified atom stereocenters. The largest absolute Gasteiger partial charge is 0.335 e. The molecule has 5 rings (SSSR count). The summed E-state index contributed by atoms with van der Waals surface area (Å²) in [5, 5.41) is 5.30. The smallest absolute Gasteiger partial charge is 0.319 e. The molecule has 3 heterocycles. The first-order chi connectivity index (χ1) is 17.1. The monoisotopic (exact) mass is 469 g/mol. The number of halogens is 1. The van der Waals surface area contributed by atoms with Crippen molar-refractivity contribution in [1.29, 1.82) is 0 Å². The zero-order valence-electron chi connectivity index (χ0n) is 18.9. The molecule has 0 bridgehead atoms. The van der Waals surface area contributed by atoms with Gasteiger partial charge in [-0.1, -0.05) is 30.3 Å². The minimum atomic E-state index is -0.514. The highest BCUT2D eigenvalue weighted by Crippen LogP contribution is 2.26. The van der Waals surface area contributed by atoms with Gasteiger partial charge < -0.3 is 19.9 Å². The van der Waals surface area contributed by atoms with Gasteiger partial charge in [-0.25, -0.2) is 14.2 Å². The zero-order chi connectivity index (χ0) is 24.2. The van der Waals surface area contributed by atoms with E-state index < -0.39 is 11.8 Å². The van der Waals surface area contributed by atoms with Crippen LogP contribution in [0, 0.1) is 5.82 Å². The molecule has 0 saturated heterocycles. The maximum absolute atomic E-state index is 14.7. The first-order valence-corrected chi connectivity index (χ1v) is 11.4. The molecule has 0 aliphatic carbocycles. The van der Waals surface area contributed by atoms with Crippen LogP contribution in [-0.4, -0.2) is 39.3 Å². The maximum atomic E-state index is 14.7. The summed E-state index contributed by atoms with van der Waals surface area (Å²) in [6, 6.07) is 17.2. The summed E-state index contributed by atoms with van der Waals surface area (Å²) < 4.78 is 16.6. The predicted octanol–water partition coefficient (Wildman–Crippen LogP) is 4.72. The summed E-state index contributed by atoms with van der Waals surface area (Å²) in [6.45, 7) is 1.33. The van der Waals surface area contributed by atoms with E-state index in [4.69, 9.17) is 0 Å². The van der Waals surface area contributed by atoms with Crippen molar-refractivity contribution < 1.29 is 14.0 Å². The number of carbonyl (C=O) groups excluding carboxylic acids is 2. The Morgan fingerprint density at radius 2 is 1.89 bits per heavy atom. The number of amides is 3. The first kappa shape index (κ1) is 22.3. The fraction of sp³-hybridized carbons (Fsp3) is 0.148. The molecule has 4 aromatic rings. The average Bonchev–Trinajstić information content (AvgIpc) is 3.37. The van der Waals surface area contributed by atoms with E-state index in [1.165, 1.54) is 6.07 Å². The lowest BCUT2D eigenvalue weighted by Gasteiger charge is -2.27. The van der Waals surface area contributed by atoms with Crippen LogP contribution in [0.25, 0.3) is 11.2 Å². The predicted molar refractivity (Wildman–Crippen MR) is 132 cm³/mol. The molecule has 0 spiro atoms. The normalized spacial score (nSPS) is 13.4. The van der Waals surface area contributed by atoms with Gasteiger partial charge in [0.15, 0.2) is 0 Å². The molecule has 0 radical (unpaired) electrons. The molecule has 2 aromatic heterocycles. The van der Waals surface area contributed by atoms with Gasteiger partial charge in [-0.05, 0) is 59.5 Å². The number of rotatable bonds is 5. The number of aromatic nitrogens is 2. The van der Waals surface area contributed by atoms with Crippen LogP contribution < -0.4 is 10.6 Å². The number of carbonyl (C=O) groups is 2.